The molecule has 0 radical (unpaired) electrons. The Hall–Kier alpha value is -0.250. The molecule has 0 spiro atoms. The number of alkyl halides is 3. The minimum Gasteiger partial charge on any atom is -0.328 e. The molecule has 72 valence electrons. The topological polar surface area (TPSA) is 26.0 Å². The van der Waals surface area contributed by atoms with E-state index in [9.17, 15) is 13.2 Å². The van der Waals surface area contributed by atoms with E-state index in [1.807, 2.05) is 0 Å². The summed E-state index contributed by atoms with van der Waals surface area (Å²) in [6.07, 6.45) is -2.41. The first-order valence-electron chi connectivity index (χ1n) is 4.29. The van der Waals surface area contributed by atoms with Crippen molar-refractivity contribution in [3.8, 4) is 0 Å². The minimum atomic E-state index is -2.83. The van der Waals surface area contributed by atoms with Crippen LogP contribution in [0.4, 0.5) is 13.2 Å². The molecule has 4 heteroatoms. The Morgan fingerprint density at radius 1 is 1.00 bits per heavy atom. The van der Waals surface area contributed by atoms with Gasteiger partial charge in [0, 0.05) is 6.04 Å². The van der Waals surface area contributed by atoms with Crippen LogP contribution in [0.2, 0.25) is 0 Å². The maximum absolute atomic E-state index is 12.7. The van der Waals surface area contributed by atoms with Gasteiger partial charge in [-0.2, -0.15) is 0 Å². The van der Waals surface area contributed by atoms with Gasteiger partial charge in [0.05, 0.1) is 0 Å². The molecule has 0 heterocycles. The monoisotopic (exact) mass is 181 g/mol. The van der Waals surface area contributed by atoms with Crippen LogP contribution < -0.4 is 5.73 Å². The number of nitrogens with two attached hydrogens (primary N) is 1. The largest absolute Gasteiger partial charge is 0.328 e. The molecule has 0 bridgehead atoms. The summed E-state index contributed by atoms with van der Waals surface area (Å²) in [6, 6.07) is 0.0890. The maximum atomic E-state index is 12.7. The van der Waals surface area contributed by atoms with Crippen molar-refractivity contribution in [3.63, 3.8) is 0 Å². The number of halogens is 3. The number of hydrogen-bond acceptors (Lipinski definition) is 1. The standard InChI is InChI=1S/C8H14F3N/c9-7(8(10)11)5-1-3-6(12)4-2-5/h5-8H,1-4,12H2. The molecular formula is C8H14F3N. The third-order valence-electron chi connectivity index (χ3n) is 2.51. The highest BCUT2D eigenvalue weighted by atomic mass is 19.3. The molecule has 0 saturated heterocycles. The van der Waals surface area contributed by atoms with Gasteiger partial charge >= 0.3 is 0 Å². The molecule has 1 aliphatic rings. The molecule has 1 atom stereocenters. The van der Waals surface area contributed by atoms with Crippen LogP contribution in [0, 0.1) is 5.92 Å². The maximum Gasteiger partial charge on any atom is 0.269 e. The lowest BCUT2D eigenvalue weighted by Crippen LogP contribution is -2.33. The summed E-state index contributed by atoms with van der Waals surface area (Å²) in [6.45, 7) is 0. The molecule has 0 aliphatic heterocycles. The Labute approximate surface area is 70.1 Å². The van der Waals surface area contributed by atoms with Crippen LogP contribution in [0.25, 0.3) is 0 Å². The van der Waals surface area contributed by atoms with Crippen molar-refractivity contribution in [2.24, 2.45) is 11.7 Å². The molecule has 1 fully saturated rings. The average molecular weight is 181 g/mol. The molecule has 1 aliphatic carbocycles. The molecule has 1 unspecified atom stereocenters. The molecule has 12 heavy (non-hydrogen) atoms. The molecule has 1 rings (SSSR count). The minimum absolute atomic E-state index is 0.0890. The molecular weight excluding hydrogens is 167 g/mol. The van der Waals surface area contributed by atoms with Gasteiger partial charge in [0.1, 0.15) is 0 Å². The SMILES string of the molecule is NC1CCC(C(F)C(F)F)CC1. The Kier molecular flexibility index (Phi) is 3.38. The van der Waals surface area contributed by atoms with Gasteiger partial charge in [0.2, 0.25) is 0 Å². The summed E-state index contributed by atoms with van der Waals surface area (Å²) in [5, 5.41) is 0. The highest BCUT2D eigenvalue weighted by molar-refractivity contribution is 4.80. The molecule has 0 aromatic heterocycles. The van der Waals surface area contributed by atoms with E-state index in [2.05, 4.69) is 0 Å². The van der Waals surface area contributed by atoms with E-state index in [1.54, 1.807) is 0 Å². The Morgan fingerprint density at radius 3 is 1.92 bits per heavy atom. The molecule has 2 N–H and O–H groups in total. The zero-order valence-electron chi connectivity index (χ0n) is 6.85. The van der Waals surface area contributed by atoms with Crippen LogP contribution in [-0.2, 0) is 0 Å². The quantitative estimate of drug-likeness (QED) is 0.693. The first-order valence-corrected chi connectivity index (χ1v) is 4.29. The Morgan fingerprint density at radius 2 is 1.50 bits per heavy atom. The first-order chi connectivity index (χ1) is 5.61. The highest BCUT2D eigenvalue weighted by Gasteiger charge is 2.32. The summed E-state index contributed by atoms with van der Waals surface area (Å²) in [5.41, 5.74) is 5.56. The van der Waals surface area contributed by atoms with Gasteiger partial charge in [-0.25, -0.2) is 13.2 Å². The van der Waals surface area contributed by atoms with Crippen molar-refractivity contribution in [1.29, 1.82) is 0 Å². The summed E-state index contributed by atoms with van der Waals surface area (Å²) < 4.78 is 36.6. The van der Waals surface area contributed by atoms with Crippen molar-refractivity contribution in [2.45, 2.75) is 44.3 Å². The molecule has 0 aromatic rings. The number of rotatable bonds is 2. The van der Waals surface area contributed by atoms with E-state index in [0.29, 0.717) is 25.7 Å². The summed E-state index contributed by atoms with van der Waals surface area (Å²) in [4.78, 5) is 0. The normalized spacial score (nSPS) is 33.8. The average Bonchev–Trinajstić information content (AvgIpc) is 2.04. The van der Waals surface area contributed by atoms with Crippen molar-refractivity contribution < 1.29 is 13.2 Å². The van der Waals surface area contributed by atoms with E-state index >= 15 is 0 Å². The Bertz CT molecular complexity index is 132. The van der Waals surface area contributed by atoms with Gasteiger partial charge in [-0.1, -0.05) is 0 Å². The summed E-state index contributed by atoms with van der Waals surface area (Å²) in [5.74, 6) is -0.468. The third kappa shape index (κ3) is 2.37. The lowest BCUT2D eigenvalue weighted by atomic mass is 9.84. The predicted molar refractivity (Wildman–Crippen MR) is 40.8 cm³/mol. The van der Waals surface area contributed by atoms with Gasteiger partial charge in [-0.05, 0) is 31.6 Å². The Balaban J connectivity index is 2.34. The van der Waals surface area contributed by atoms with Crippen LogP contribution >= 0.6 is 0 Å². The zero-order chi connectivity index (χ0) is 9.14. The highest BCUT2D eigenvalue weighted by Crippen LogP contribution is 2.30. The smallest absolute Gasteiger partial charge is 0.269 e. The second-order valence-corrected chi connectivity index (χ2v) is 3.45. The van der Waals surface area contributed by atoms with Crippen LogP contribution in [0.1, 0.15) is 25.7 Å². The van der Waals surface area contributed by atoms with Crippen molar-refractivity contribution in [3.05, 3.63) is 0 Å². The second kappa shape index (κ2) is 4.12. The zero-order valence-corrected chi connectivity index (χ0v) is 6.85. The van der Waals surface area contributed by atoms with Gasteiger partial charge in [0.15, 0.2) is 6.17 Å². The van der Waals surface area contributed by atoms with Crippen LogP contribution in [0.15, 0.2) is 0 Å². The molecule has 0 amide bonds. The molecule has 0 aromatic carbocycles. The number of hydrogen-bond donors (Lipinski definition) is 1. The lowest BCUT2D eigenvalue weighted by Gasteiger charge is -2.27. The van der Waals surface area contributed by atoms with Gasteiger partial charge in [0.25, 0.3) is 6.43 Å². The fraction of sp³-hybridized carbons (Fsp3) is 1.00. The van der Waals surface area contributed by atoms with E-state index in [1.165, 1.54) is 0 Å². The second-order valence-electron chi connectivity index (χ2n) is 3.45. The third-order valence-corrected chi connectivity index (χ3v) is 2.51. The van der Waals surface area contributed by atoms with Crippen molar-refractivity contribution in [2.75, 3.05) is 0 Å². The molecule has 1 saturated carbocycles. The van der Waals surface area contributed by atoms with Gasteiger partial charge in [-0.3, -0.25) is 0 Å². The van der Waals surface area contributed by atoms with E-state index in [0.717, 1.165) is 0 Å². The summed E-state index contributed by atoms with van der Waals surface area (Å²) in [7, 11) is 0. The fourth-order valence-electron chi connectivity index (χ4n) is 1.67. The van der Waals surface area contributed by atoms with Gasteiger partial charge < -0.3 is 5.73 Å². The van der Waals surface area contributed by atoms with Crippen LogP contribution in [0.5, 0.6) is 0 Å². The van der Waals surface area contributed by atoms with Crippen molar-refractivity contribution >= 4 is 0 Å². The molecule has 1 nitrogen and oxygen atoms in total. The van der Waals surface area contributed by atoms with E-state index in [-0.39, 0.29) is 6.04 Å². The van der Waals surface area contributed by atoms with Crippen molar-refractivity contribution in [1.82, 2.24) is 0 Å². The van der Waals surface area contributed by atoms with E-state index in [4.69, 9.17) is 5.73 Å². The fourth-order valence-corrected chi connectivity index (χ4v) is 1.67. The van der Waals surface area contributed by atoms with Crippen LogP contribution in [0.3, 0.4) is 0 Å². The first kappa shape index (κ1) is 9.84. The van der Waals surface area contributed by atoms with Gasteiger partial charge in [-0.15, -0.1) is 0 Å². The lowest BCUT2D eigenvalue weighted by molar-refractivity contribution is 0.00453. The predicted octanol–water partition coefficient (Wildman–Crippen LogP) is 2.11. The van der Waals surface area contributed by atoms with Crippen LogP contribution in [-0.4, -0.2) is 18.6 Å². The summed E-state index contributed by atoms with van der Waals surface area (Å²) >= 11 is 0. The van der Waals surface area contributed by atoms with E-state index < -0.39 is 18.5 Å².